The maximum Gasteiger partial charge on any atom is 0.129 e. The zero-order valence-corrected chi connectivity index (χ0v) is 21.0. The number of ether oxygens (including phenoxy) is 3. The number of thiophene rings is 1. The van der Waals surface area contributed by atoms with Crippen LogP contribution in [0.15, 0.2) is 77.2 Å². The Labute approximate surface area is 206 Å². The Morgan fingerprint density at radius 2 is 1.70 bits per heavy atom. The van der Waals surface area contributed by atoms with E-state index in [2.05, 4.69) is 74.5 Å². The summed E-state index contributed by atoms with van der Waals surface area (Å²) in [6.45, 7) is 6.30. The molecule has 3 nitrogen and oxygen atoms in total. The molecule has 0 unspecified atom stereocenters. The van der Waals surface area contributed by atoms with Gasteiger partial charge in [-0.25, -0.2) is 0 Å². The summed E-state index contributed by atoms with van der Waals surface area (Å²) in [5.74, 6) is 2.23. The number of rotatable bonds is 10. The molecule has 1 heterocycles. The quantitative estimate of drug-likeness (QED) is 0.300. The third kappa shape index (κ3) is 5.81. The van der Waals surface area contributed by atoms with Gasteiger partial charge in [0.2, 0.25) is 0 Å². The summed E-state index contributed by atoms with van der Waals surface area (Å²) in [7, 11) is 1.68. The van der Waals surface area contributed by atoms with E-state index in [1.807, 2.05) is 11.4 Å². The molecule has 3 aromatic rings. The molecule has 0 spiro atoms. The lowest BCUT2D eigenvalue weighted by molar-refractivity contribution is 0.0694. The van der Waals surface area contributed by atoms with Crippen molar-refractivity contribution in [2.45, 2.75) is 32.3 Å². The minimum absolute atomic E-state index is 0.0632. The summed E-state index contributed by atoms with van der Waals surface area (Å²) in [5, 5.41) is 2.87. The van der Waals surface area contributed by atoms with Crippen LogP contribution in [-0.4, -0.2) is 20.3 Å². The number of halogens is 1. The van der Waals surface area contributed by atoms with E-state index in [1.165, 1.54) is 11.1 Å². The second-order valence-corrected chi connectivity index (χ2v) is 10.4. The van der Waals surface area contributed by atoms with Gasteiger partial charge in [-0.1, -0.05) is 74.0 Å². The van der Waals surface area contributed by atoms with E-state index in [4.69, 9.17) is 25.8 Å². The Hall–Kier alpha value is -2.27. The highest BCUT2D eigenvalue weighted by Crippen LogP contribution is 2.36. The maximum absolute atomic E-state index is 6.52. The number of allylic oxidation sites excluding steroid dienone is 1. The molecule has 5 heteroatoms. The van der Waals surface area contributed by atoms with E-state index in [-0.39, 0.29) is 11.3 Å². The van der Waals surface area contributed by atoms with E-state index in [9.17, 15) is 0 Å². The van der Waals surface area contributed by atoms with Crippen molar-refractivity contribution in [3.05, 3.63) is 93.2 Å². The van der Waals surface area contributed by atoms with Crippen molar-refractivity contribution in [3.63, 3.8) is 0 Å². The zero-order valence-electron chi connectivity index (χ0n) is 19.4. The van der Waals surface area contributed by atoms with Gasteiger partial charge in [0, 0.05) is 26.6 Å². The van der Waals surface area contributed by atoms with Crippen LogP contribution in [0.2, 0.25) is 0 Å². The van der Waals surface area contributed by atoms with Crippen molar-refractivity contribution in [2.75, 3.05) is 20.3 Å². The summed E-state index contributed by atoms with van der Waals surface area (Å²) in [4.78, 5) is 1.16. The number of methoxy groups -OCH3 is 1. The van der Waals surface area contributed by atoms with Gasteiger partial charge in [0.15, 0.2) is 0 Å². The lowest BCUT2D eigenvalue weighted by Crippen LogP contribution is -2.22. The van der Waals surface area contributed by atoms with Crippen molar-refractivity contribution >= 4 is 22.9 Å². The predicted molar refractivity (Wildman–Crippen MR) is 137 cm³/mol. The first-order valence-corrected chi connectivity index (χ1v) is 12.6. The first-order valence-electron chi connectivity index (χ1n) is 11.3. The fourth-order valence-corrected chi connectivity index (χ4v) is 5.33. The van der Waals surface area contributed by atoms with Gasteiger partial charge in [-0.05, 0) is 41.7 Å². The second-order valence-electron chi connectivity index (χ2n) is 8.99. The molecule has 0 saturated heterocycles. The molecule has 174 valence electrons. The monoisotopic (exact) mass is 482 g/mol. The van der Waals surface area contributed by atoms with E-state index in [0.717, 1.165) is 27.8 Å². The molecule has 0 N–H and O–H groups in total. The van der Waals surface area contributed by atoms with E-state index < -0.39 is 0 Å². The zero-order chi connectivity index (χ0) is 23.3. The lowest BCUT2D eigenvalue weighted by Gasteiger charge is -2.26. The molecule has 1 aliphatic carbocycles. The van der Waals surface area contributed by atoms with Gasteiger partial charge in [-0.2, -0.15) is 0 Å². The summed E-state index contributed by atoms with van der Waals surface area (Å²) < 4.78 is 17.4. The SMILES string of the molecule is COc1csc(COC[C@H]2CC=C(Cl)[C@@H]2COc2ccc(C(C)(C)c3ccccc3)cc2)c1. The molecule has 2 aromatic carbocycles. The van der Waals surface area contributed by atoms with Crippen LogP contribution in [0.3, 0.4) is 0 Å². The fourth-order valence-electron chi connectivity index (χ4n) is 4.23. The smallest absolute Gasteiger partial charge is 0.129 e. The summed E-state index contributed by atoms with van der Waals surface area (Å²) in [5.41, 5.74) is 2.49. The largest absolute Gasteiger partial charge is 0.496 e. The number of hydrogen-bond acceptors (Lipinski definition) is 4. The second kappa shape index (κ2) is 10.8. The van der Waals surface area contributed by atoms with Gasteiger partial charge in [0.05, 0.1) is 26.9 Å². The lowest BCUT2D eigenvalue weighted by atomic mass is 9.78. The molecular weight excluding hydrogens is 452 g/mol. The van der Waals surface area contributed by atoms with Gasteiger partial charge >= 0.3 is 0 Å². The first-order chi connectivity index (χ1) is 16.0. The number of hydrogen-bond donors (Lipinski definition) is 0. The van der Waals surface area contributed by atoms with Crippen molar-refractivity contribution in [3.8, 4) is 11.5 Å². The third-order valence-electron chi connectivity index (χ3n) is 6.48. The van der Waals surface area contributed by atoms with Crippen LogP contribution in [0.4, 0.5) is 0 Å². The highest BCUT2D eigenvalue weighted by atomic mass is 35.5. The van der Waals surface area contributed by atoms with Crippen LogP contribution in [0, 0.1) is 11.8 Å². The molecule has 1 aromatic heterocycles. The van der Waals surface area contributed by atoms with Crippen LogP contribution in [0.25, 0.3) is 0 Å². The average molecular weight is 483 g/mol. The fraction of sp³-hybridized carbons (Fsp3) is 0.357. The Bertz CT molecular complexity index is 1060. The van der Waals surface area contributed by atoms with Crippen LogP contribution in [-0.2, 0) is 16.8 Å². The average Bonchev–Trinajstić information content (AvgIpc) is 3.45. The minimum atomic E-state index is -0.0632. The van der Waals surface area contributed by atoms with E-state index >= 15 is 0 Å². The standard InChI is InChI=1S/C28H31ClO3S/c1-28(2,21-7-5-4-6-8-21)22-10-12-23(13-11-22)32-18-26-20(9-14-27(26)29)16-31-17-25-15-24(30-3)19-33-25/h4-8,10-15,19-20,26H,9,16-18H2,1-3H3/t20-,26-/m1/s1. The Morgan fingerprint density at radius 3 is 2.39 bits per heavy atom. The van der Waals surface area contributed by atoms with Crippen LogP contribution in [0.1, 0.15) is 36.3 Å². The van der Waals surface area contributed by atoms with Gasteiger partial charge in [0.25, 0.3) is 0 Å². The molecule has 2 atom stereocenters. The van der Waals surface area contributed by atoms with Crippen molar-refractivity contribution in [2.24, 2.45) is 11.8 Å². The molecule has 4 rings (SSSR count). The maximum atomic E-state index is 6.52. The van der Waals surface area contributed by atoms with Crippen LogP contribution >= 0.6 is 22.9 Å². The van der Waals surface area contributed by atoms with Gasteiger partial charge in [-0.3, -0.25) is 0 Å². The normalized spacial score (nSPS) is 18.2. The van der Waals surface area contributed by atoms with E-state index in [1.54, 1.807) is 18.4 Å². The Balaban J connectivity index is 1.31. The predicted octanol–water partition coefficient (Wildman–Crippen LogP) is 7.44. The molecular formula is C28H31ClO3S. The molecule has 1 aliphatic rings. The van der Waals surface area contributed by atoms with Gasteiger partial charge in [-0.15, -0.1) is 11.3 Å². The van der Waals surface area contributed by atoms with Crippen molar-refractivity contribution in [1.82, 2.24) is 0 Å². The molecule has 0 radical (unpaired) electrons. The molecule has 0 saturated carbocycles. The van der Waals surface area contributed by atoms with Gasteiger partial charge in [0.1, 0.15) is 11.5 Å². The molecule has 0 fully saturated rings. The highest BCUT2D eigenvalue weighted by Gasteiger charge is 2.30. The van der Waals surface area contributed by atoms with Gasteiger partial charge < -0.3 is 14.2 Å². The third-order valence-corrected chi connectivity index (χ3v) is 7.80. The van der Waals surface area contributed by atoms with Crippen LogP contribution in [0.5, 0.6) is 11.5 Å². The van der Waals surface area contributed by atoms with Crippen molar-refractivity contribution < 1.29 is 14.2 Å². The highest BCUT2D eigenvalue weighted by molar-refractivity contribution is 7.10. The van der Waals surface area contributed by atoms with E-state index in [0.29, 0.717) is 25.7 Å². The molecule has 0 bridgehead atoms. The molecule has 0 amide bonds. The Morgan fingerprint density at radius 1 is 0.970 bits per heavy atom. The summed E-state index contributed by atoms with van der Waals surface area (Å²) >= 11 is 8.17. The van der Waals surface area contributed by atoms with Crippen molar-refractivity contribution in [1.29, 1.82) is 0 Å². The molecule has 33 heavy (non-hydrogen) atoms. The topological polar surface area (TPSA) is 27.7 Å². The number of benzene rings is 2. The molecule has 0 aliphatic heterocycles. The van der Waals surface area contributed by atoms with Crippen LogP contribution < -0.4 is 9.47 Å². The first kappa shape index (κ1) is 23.9. The summed E-state index contributed by atoms with van der Waals surface area (Å²) in [6, 6.07) is 21.0. The summed E-state index contributed by atoms with van der Waals surface area (Å²) in [6.07, 6.45) is 3.02. The Kier molecular flexibility index (Phi) is 7.79. The minimum Gasteiger partial charge on any atom is -0.496 e.